The van der Waals surface area contributed by atoms with Crippen LogP contribution in [0.1, 0.15) is 65.2 Å². The van der Waals surface area contributed by atoms with Gasteiger partial charge in [0.05, 0.1) is 0 Å². The fourth-order valence-electron chi connectivity index (χ4n) is 2.95. The molecule has 126 valence electrons. The molecule has 3 rings (SSSR count). The Hall–Kier alpha value is -2.77. The second-order valence-corrected chi connectivity index (χ2v) is 5.84. The molecule has 1 aliphatic rings. The van der Waals surface area contributed by atoms with Crippen LogP contribution < -0.4 is 5.32 Å². The van der Waals surface area contributed by atoms with Crippen molar-refractivity contribution in [3.05, 3.63) is 41.3 Å². The average Bonchev–Trinajstić information content (AvgIpc) is 3.24. The summed E-state index contributed by atoms with van der Waals surface area (Å²) in [5.41, 5.74) is -0.593. The largest absolute Gasteiger partial charge is 0.477 e. The molecule has 0 radical (unpaired) electrons. The smallest absolute Gasteiger partial charge is 0.354 e. The zero-order valence-corrected chi connectivity index (χ0v) is 13.3. The van der Waals surface area contributed by atoms with E-state index in [4.69, 9.17) is 9.63 Å². The van der Waals surface area contributed by atoms with Crippen LogP contribution in [0, 0.1) is 0 Å². The normalized spacial score (nSPS) is 16.0. The van der Waals surface area contributed by atoms with Crippen LogP contribution in [0.25, 0.3) is 0 Å². The molecule has 8 nitrogen and oxygen atoms in total. The van der Waals surface area contributed by atoms with Gasteiger partial charge in [-0.2, -0.15) is 4.98 Å². The standard InChI is InChI=1S/C16H18N4O4/c1-2-12-18-15(20-24-12)16(6-3-4-7-16)19-13(21)10-5-8-17-11(9-10)14(22)23/h5,8-9H,2-4,6-7H2,1H3,(H,19,21)(H,22,23). The summed E-state index contributed by atoms with van der Waals surface area (Å²) in [6.45, 7) is 1.92. The zero-order valence-electron chi connectivity index (χ0n) is 13.3. The molecule has 1 saturated carbocycles. The number of amides is 1. The van der Waals surface area contributed by atoms with Crippen molar-refractivity contribution in [3.63, 3.8) is 0 Å². The Balaban J connectivity index is 1.87. The molecule has 0 unspecified atom stereocenters. The van der Waals surface area contributed by atoms with E-state index in [0.29, 0.717) is 18.1 Å². The summed E-state index contributed by atoms with van der Waals surface area (Å²) in [7, 11) is 0. The minimum atomic E-state index is -1.18. The number of nitrogens with one attached hydrogen (secondary N) is 1. The summed E-state index contributed by atoms with van der Waals surface area (Å²) >= 11 is 0. The van der Waals surface area contributed by atoms with Crippen LogP contribution in [0.5, 0.6) is 0 Å². The molecular weight excluding hydrogens is 312 g/mol. The Kier molecular flexibility index (Phi) is 4.28. The quantitative estimate of drug-likeness (QED) is 0.859. The lowest BCUT2D eigenvalue weighted by atomic mass is 9.96. The molecule has 0 aliphatic heterocycles. The van der Waals surface area contributed by atoms with E-state index in [0.717, 1.165) is 25.7 Å². The van der Waals surface area contributed by atoms with Gasteiger partial charge in [0, 0.05) is 18.2 Å². The summed E-state index contributed by atoms with van der Waals surface area (Å²) in [5, 5.41) is 16.0. The van der Waals surface area contributed by atoms with Crippen molar-refractivity contribution in [3.8, 4) is 0 Å². The molecule has 1 amide bonds. The Morgan fingerprint density at radius 3 is 2.75 bits per heavy atom. The van der Waals surface area contributed by atoms with Gasteiger partial charge in [0.15, 0.2) is 5.82 Å². The first kappa shape index (κ1) is 16.1. The molecule has 24 heavy (non-hydrogen) atoms. The van der Waals surface area contributed by atoms with E-state index in [9.17, 15) is 9.59 Å². The lowest BCUT2D eigenvalue weighted by Gasteiger charge is -2.26. The van der Waals surface area contributed by atoms with Crippen LogP contribution in [-0.2, 0) is 12.0 Å². The maximum Gasteiger partial charge on any atom is 0.354 e. The Morgan fingerprint density at radius 1 is 1.38 bits per heavy atom. The number of pyridine rings is 1. The molecular formula is C16H18N4O4. The molecule has 2 aromatic rings. The van der Waals surface area contributed by atoms with Crippen molar-refractivity contribution < 1.29 is 19.2 Å². The van der Waals surface area contributed by atoms with Gasteiger partial charge in [-0.1, -0.05) is 24.9 Å². The zero-order chi connectivity index (χ0) is 17.2. The highest BCUT2D eigenvalue weighted by atomic mass is 16.5. The fraction of sp³-hybridized carbons (Fsp3) is 0.438. The summed E-state index contributed by atoms with van der Waals surface area (Å²) < 4.78 is 5.19. The topological polar surface area (TPSA) is 118 Å². The van der Waals surface area contributed by atoms with Crippen LogP contribution >= 0.6 is 0 Å². The van der Waals surface area contributed by atoms with Crippen LogP contribution in [-0.4, -0.2) is 32.1 Å². The number of carbonyl (C=O) groups is 2. The molecule has 0 aromatic carbocycles. The van der Waals surface area contributed by atoms with E-state index >= 15 is 0 Å². The molecule has 0 bridgehead atoms. The Bertz CT molecular complexity index is 765. The molecule has 2 N–H and O–H groups in total. The number of hydrogen-bond donors (Lipinski definition) is 2. The first-order valence-corrected chi connectivity index (χ1v) is 7.89. The first-order valence-electron chi connectivity index (χ1n) is 7.89. The minimum Gasteiger partial charge on any atom is -0.477 e. The first-order chi connectivity index (χ1) is 11.5. The molecule has 1 fully saturated rings. The second kappa shape index (κ2) is 6.38. The number of aromatic carboxylic acids is 1. The lowest BCUT2D eigenvalue weighted by Crippen LogP contribution is -2.44. The SMILES string of the molecule is CCc1nc(C2(NC(=O)c3ccnc(C(=O)O)c3)CCCC2)no1. The van der Waals surface area contributed by atoms with Crippen molar-refractivity contribution in [1.29, 1.82) is 0 Å². The molecule has 2 aromatic heterocycles. The fourth-order valence-corrected chi connectivity index (χ4v) is 2.95. The maximum absolute atomic E-state index is 12.6. The van der Waals surface area contributed by atoms with E-state index in [1.807, 2.05) is 6.92 Å². The number of aromatic nitrogens is 3. The van der Waals surface area contributed by atoms with Gasteiger partial charge in [0.2, 0.25) is 5.89 Å². The van der Waals surface area contributed by atoms with Gasteiger partial charge >= 0.3 is 5.97 Å². The third-order valence-corrected chi connectivity index (χ3v) is 4.25. The molecule has 0 atom stereocenters. The van der Waals surface area contributed by atoms with Crippen LogP contribution in [0.2, 0.25) is 0 Å². The van der Waals surface area contributed by atoms with E-state index in [1.165, 1.54) is 18.3 Å². The van der Waals surface area contributed by atoms with Gasteiger partial charge in [-0.15, -0.1) is 0 Å². The highest BCUT2D eigenvalue weighted by Gasteiger charge is 2.41. The van der Waals surface area contributed by atoms with Gasteiger partial charge in [-0.05, 0) is 25.0 Å². The molecule has 0 spiro atoms. The predicted octanol–water partition coefficient (Wildman–Crippen LogP) is 1.92. The van der Waals surface area contributed by atoms with Gasteiger partial charge in [0.25, 0.3) is 5.91 Å². The van der Waals surface area contributed by atoms with Gasteiger partial charge < -0.3 is 14.9 Å². The van der Waals surface area contributed by atoms with Gasteiger partial charge in [0.1, 0.15) is 11.2 Å². The number of aryl methyl sites for hydroxylation is 1. The van der Waals surface area contributed by atoms with E-state index in [1.54, 1.807) is 0 Å². The number of rotatable bonds is 5. The van der Waals surface area contributed by atoms with E-state index in [2.05, 4.69) is 20.4 Å². The molecule has 2 heterocycles. The van der Waals surface area contributed by atoms with Crippen LogP contribution in [0.4, 0.5) is 0 Å². The highest BCUT2D eigenvalue weighted by Crippen LogP contribution is 2.37. The molecule has 1 aliphatic carbocycles. The summed E-state index contributed by atoms with van der Waals surface area (Å²) in [5.74, 6) is -0.532. The van der Waals surface area contributed by atoms with Gasteiger partial charge in [-0.3, -0.25) is 4.79 Å². The number of carboxylic acid groups (broad SMARTS) is 1. The van der Waals surface area contributed by atoms with Crippen molar-refractivity contribution in [1.82, 2.24) is 20.4 Å². The van der Waals surface area contributed by atoms with Crippen molar-refractivity contribution in [2.24, 2.45) is 0 Å². The highest BCUT2D eigenvalue weighted by molar-refractivity contribution is 5.97. The predicted molar refractivity (Wildman–Crippen MR) is 82.5 cm³/mol. The summed E-state index contributed by atoms with van der Waals surface area (Å²) in [4.78, 5) is 31.7. The van der Waals surface area contributed by atoms with E-state index in [-0.39, 0.29) is 17.2 Å². The van der Waals surface area contributed by atoms with Crippen LogP contribution in [0.15, 0.2) is 22.9 Å². The average molecular weight is 330 g/mol. The lowest BCUT2D eigenvalue weighted by molar-refractivity contribution is 0.0690. The monoisotopic (exact) mass is 330 g/mol. The summed E-state index contributed by atoms with van der Waals surface area (Å²) in [6.07, 6.45) is 5.28. The van der Waals surface area contributed by atoms with E-state index < -0.39 is 11.5 Å². The Morgan fingerprint density at radius 2 is 2.12 bits per heavy atom. The number of carboxylic acids is 1. The number of hydrogen-bond acceptors (Lipinski definition) is 6. The maximum atomic E-state index is 12.6. The molecule has 0 saturated heterocycles. The number of nitrogens with zero attached hydrogens (tertiary/aromatic N) is 3. The minimum absolute atomic E-state index is 0.170. The van der Waals surface area contributed by atoms with Crippen molar-refractivity contribution in [2.75, 3.05) is 0 Å². The summed E-state index contributed by atoms with van der Waals surface area (Å²) in [6, 6.07) is 2.74. The Labute approximate surface area is 138 Å². The third-order valence-electron chi connectivity index (χ3n) is 4.25. The third kappa shape index (κ3) is 2.99. The molecule has 8 heteroatoms. The van der Waals surface area contributed by atoms with Gasteiger partial charge in [-0.25, -0.2) is 9.78 Å². The van der Waals surface area contributed by atoms with Crippen LogP contribution in [0.3, 0.4) is 0 Å². The van der Waals surface area contributed by atoms with Crippen molar-refractivity contribution >= 4 is 11.9 Å². The van der Waals surface area contributed by atoms with Crippen molar-refractivity contribution in [2.45, 2.75) is 44.6 Å². The number of carbonyl (C=O) groups excluding carboxylic acids is 1. The second-order valence-electron chi connectivity index (χ2n) is 5.84.